The maximum Gasteiger partial charge on any atom is 0.251 e. The largest absolute Gasteiger partial charge is 0.348 e. The molecule has 0 unspecified atom stereocenters. The number of carbonyl (C=O) groups is 2. The second kappa shape index (κ2) is 6.09. The molecule has 2 aliphatic heterocycles. The van der Waals surface area contributed by atoms with Gasteiger partial charge in [0.2, 0.25) is 5.91 Å². The van der Waals surface area contributed by atoms with Crippen LogP contribution in [0.25, 0.3) is 0 Å². The summed E-state index contributed by atoms with van der Waals surface area (Å²) in [6.45, 7) is 2.33. The second-order valence-corrected chi connectivity index (χ2v) is 6.31. The Hall–Kier alpha value is -2.66. The zero-order valence-corrected chi connectivity index (χ0v) is 13.3. The molecule has 0 fully saturated rings. The lowest BCUT2D eigenvalue weighted by atomic mass is 10.00. The van der Waals surface area contributed by atoms with Crippen LogP contribution in [-0.4, -0.2) is 11.8 Å². The van der Waals surface area contributed by atoms with Crippen LogP contribution in [0.3, 0.4) is 0 Å². The predicted octanol–water partition coefficient (Wildman–Crippen LogP) is 2.10. The number of carbonyl (C=O) groups excluding carboxylic acids is 2. The molecule has 0 aliphatic carbocycles. The number of benzene rings is 2. The molecule has 4 rings (SSSR count). The van der Waals surface area contributed by atoms with E-state index in [4.69, 9.17) is 0 Å². The lowest BCUT2D eigenvalue weighted by molar-refractivity contribution is -0.116. The van der Waals surface area contributed by atoms with Gasteiger partial charge in [0, 0.05) is 37.3 Å². The van der Waals surface area contributed by atoms with Crippen LogP contribution < -0.4 is 16.0 Å². The zero-order chi connectivity index (χ0) is 16.5. The Labute approximate surface area is 140 Å². The monoisotopic (exact) mass is 321 g/mol. The first-order valence-corrected chi connectivity index (χ1v) is 8.21. The van der Waals surface area contributed by atoms with Crippen molar-refractivity contribution in [2.75, 3.05) is 5.32 Å². The molecule has 0 saturated heterocycles. The SMILES string of the molecule is O=C1CCc2cc(C(=O)NCc3ccc4c(c3)CNC4)ccc2N1. The Bertz CT molecular complexity index is 829. The Morgan fingerprint density at radius 1 is 1.00 bits per heavy atom. The van der Waals surface area contributed by atoms with E-state index in [0.717, 1.165) is 29.9 Å². The Kier molecular flexibility index (Phi) is 3.78. The molecule has 3 N–H and O–H groups in total. The molecule has 0 bridgehead atoms. The lowest BCUT2D eigenvalue weighted by Gasteiger charge is -2.17. The second-order valence-electron chi connectivity index (χ2n) is 6.31. The van der Waals surface area contributed by atoms with Crippen molar-refractivity contribution in [1.29, 1.82) is 0 Å². The number of rotatable bonds is 3. The minimum Gasteiger partial charge on any atom is -0.348 e. The van der Waals surface area contributed by atoms with Crippen LogP contribution in [-0.2, 0) is 30.8 Å². The number of fused-ring (bicyclic) bond motifs is 2. The van der Waals surface area contributed by atoms with E-state index in [-0.39, 0.29) is 11.8 Å². The number of nitrogens with one attached hydrogen (secondary N) is 3. The van der Waals surface area contributed by atoms with Crippen molar-refractivity contribution in [3.63, 3.8) is 0 Å². The summed E-state index contributed by atoms with van der Waals surface area (Å²) in [5.41, 5.74) is 6.22. The summed E-state index contributed by atoms with van der Waals surface area (Å²) in [6, 6.07) is 11.8. The van der Waals surface area contributed by atoms with Crippen LogP contribution in [0.15, 0.2) is 36.4 Å². The van der Waals surface area contributed by atoms with Gasteiger partial charge in [-0.05, 0) is 46.9 Å². The van der Waals surface area contributed by atoms with Crippen LogP contribution in [0, 0.1) is 0 Å². The van der Waals surface area contributed by atoms with Crippen molar-refractivity contribution in [3.05, 3.63) is 64.2 Å². The third-order valence-electron chi connectivity index (χ3n) is 4.62. The van der Waals surface area contributed by atoms with Gasteiger partial charge in [-0.25, -0.2) is 0 Å². The van der Waals surface area contributed by atoms with Gasteiger partial charge in [0.05, 0.1) is 0 Å². The molecule has 2 amide bonds. The van der Waals surface area contributed by atoms with E-state index in [2.05, 4.69) is 34.1 Å². The fourth-order valence-electron chi connectivity index (χ4n) is 3.27. The van der Waals surface area contributed by atoms with E-state index in [1.807, 2.05) is 12.1 Å². The maximum absolute atomic E-state index is 12.4. The van der Waals surface area contributed by atoms with Gasteiger partial charge in [-0.3, -0.25) is 9.59 Å². The molecule has 0 aromatic heterocycles. The molecule has 2 heterocycles. The third-order valence-corrected chi connectivity index (χ3v) is 4.62. The number of anilines is 1. The zero-order valence-electron chi connectivity index (χ0n) is 13.3. The van der Waals surface area contributed by atoms with Gasteiger partial charge in [-0.15, -0.1) is 0 Å². The summed E-state index contributed by atoms with van der Waals surface area (Å²) in [5, 5.41) is 9.13. The highest BCUT2D eigenvalue weighted by Crippen LogP contribution is 2.23. The first-order valence-electron chi connectivity index (χ1n) is 8.21. The molecule has 0 spiro atoms. The van der Waals surface area contributed by atoms with E-state index in [0.29, 0.717) is 24.9 Å². The first kappa shape index (κ1) is 14.9. The van der Waals surface area contributed by atoms with Gasteiger partial charge in [0.25, 0.3) is 5.91 Å². The molecule has 2 aromatic carbocycles. The Morgan fingerprint density at radius 3 is 2.79 bits per heavy atom. The molecular formula is C19H19N3O2. The summed E-state index contributed by atoms with van der Waals surface area (Å²) >= 11 is 0. The quantitative estimate of drug-likeness (QED) is 0.811. The highest BCUT2D eigenvalue weighted by molar-refractivity contribution is 5.97. The Morgan fingerprint density at radius 2 is 1.88 bits per heavy atom. The topological polar surface area (TPSA) is 70.2 Å². The van der Waals surface area contributed by atoms with E-state index < -0.39 is 0 Å². The minimum atomic E-state index is -0.0895. The van der Waals surface area contributed by atoms with Crippen molar-refractivity contribution >= 4 is 17.5 Å². The molecule has 5 nitrogen and oxygen atoms in total. The molecule has 0 saturated carbocycles. The van der Waals surface area contributed by atoms with Crippen molar-refractivity contribution < 1.29 is 9.59 Å². The summed E-state index contributed by atoms with van der Waals surface area (Å²) < 4.78 is 0. The number of hydrogen-bond donors (Lipinski definition) is 3. The third kappa shape index (κ3) is 2.90. The number of hydrogen-bond acceptors (Lipinski definition) is 3. The Balaban J connectivity index is 1.44. The molecule has 24 heavy (non-hydrogen) atoms. The molecule has 122 valence electrons. The van der Waals surface area contributed by atoms with Gasteiger partial charge in [0.15, 0.2) is 0 Å². The number of amides is 2. The fraction of sp³-hybridized carbons (Fsp3) is 0.263. The highest BCUT2D eigenvalue weighted by atomic mass is 16.2. The van der Waals surface area contributed by atoms with Crippen molar-refractivity contribution in [1.82, 2.24) is 10.6 Å². The molecule has 5 heteroatoms. The van der Waals surface area contributed by atoms with Crippen LogP contribution in [0.2, 0.25) is 0 Å². The molecule has 0 atom stereocenters. The van der Waals surface area contributed by atoms with Gasteiger partial charge < -0.3 is 16.0 Å². The highest BCUT2D eigenvalue weighted by Gasteiger charge is 2.17. The smallest absolute Gasteiger partial charge is 0.251 e. The molecule has 0 radical (unpaired) electrons. The average Bonchev–Trinajstić information content (AvgIpc) is 3.07. The standard InChI is InChI=1S/C19H19N3O2/c23-18-6-4-13-8-14(3-5-17(13)22-18)19(24)21-9-12-1-2-15-10-20-11-16(15)7-12/h1-3,5,7-8,20H,4,6,9-11H2,(H,21,24)(H,22,23). The summed E-state index contributed by atoms with van der Waals surface area (Å²) in [6.07, 6.45) is 1.15. The van der Waals surface area contributed by atoms with E-state index in [9.17, 15) is 9.59 Å². The van der Waals surface area contributed by atoms with Crippen LogP contribution in [0.4, 0.5) is 5.69 Å². The van der Waals surface area contributed by atoms with E-state index in [1.165, 1.54) is 11.1 Å². The summed E-state index contributed by atoms with van der Waals surface area (Å²) in [7, 11) is 0. The van der Waals surface area contributed by atoms with Crippen LogP contribution >= 0.6 is 0 Å². The van der Waals surface area contributed by atoms with E-state index >= 15 is 0 Å². The van der Waals surface area contributed by atoms with Crippen molar-refractivity contribution in [2.24, 2.45) is 0 Å². The van der Waals surface area contributed by atoms with Gasteiger partial charge in [-0.1, -0.05) is 18.2 Å². The van der Waals surface area contributed by atoms with Crippen LogP contribution in [0.5, 0.6) is 0 Å². The van der Waals surface area contributed by atoms with Crippen molar-refractivity contribution in [2.45, 2.75) is 32.5 Å². The van der Waals surface area contributed by atoms with Crippen LogP contribution in [0.1, 0.15) is 39.0 Å². The van der Waals surface area contributed by atoms with Gasteiger partial charge >= 0.3 is 0 Å². The van der Waals surface area contributed by atoms with E-state index in [1.54, 1.807) is 6.07 Å². The van der Waals surface area contributed by atoms with Crippen molar-refractivity contribution in [3.8, 4) is 0 Å². The lowest BCUT2D eigenvalue weighted by Crippen LogP contribution is -2.24. The summed E-state index contributed by atoms with van der Waals surface area (Å²) in [5.74, 6) is -0.0564. The first-order chi connectivity index (χ1) is 11.7. The minimum absolute atomic E-state index is 0.0331. The average molecular weight is 321 g/mol. The van der Waals surface area contributed by atoms with Gasteiger partial charge in [0.1, 0.15) is 0 Å². The maximum atomic E-state index is 12.4. The predicted molar refractivity (Wildman–Crippen MR) is 91.5 cm³/mol. The molecule has 2 aliphatic rings. The summed E-state index contributed by atoms with van der Waals surface area (Å²) in [4.78, 5) is 23.8. The molecule has 2 aromatic rings. The molecular weight excluding hydrogens is 302 g/mol. The van der Waals surface area contributed by atoms with Gasteiger partial charge in [-0.2, -0.15) is 0 Å². The number of aryl methyl sites for hydroxylation is 1. The normalized spacial score (nSPS) is 15.4. The fourth-order valence-corrected chi connectivity index (χ4v) is 3.27.